The smallest absolute Gasteiger partial charge is 0.0391 e. The van der Waals surface area contributed by atoms with Crippen LogP contribution >= 0.6 is 0 Å². The Morgan fingerprint density at radius 2 is 1.49 bits per heavy atom. The van der Waals surface area contributed by atoms with E-state index in [-0.39, 0.29) is 20.1 Å². The van der Waals surface area contributed by atoms with Crippen molar-refractivity contribution in [2.75, 3.05) is 0 Å². The summed E-state index contributed by atoms with van der Waals surface area (Å²) in [5.74, 6) is 0.572. The summed E-state index contributed by atoms with van der Waals surface area (Å²) in [5.41, 5.74) is 11.6. The number of nitrogens with zero attached hydrogens (tertiary/aromatic N) is 3. The Labute approximate surface area is 280 Å². The van der Waals surface area contributed by atoms with Crippen molar-refractivity contribution in [2.45, 2.75) is 40.7 Å². The Hall–Kier alpha value is -4.37. The number of pyridine rings is 2. The van der Waals surface area contributed by atoms with Gasteiger partial charge in [-0.15, -0.1) is 59.7 Å². The topological polar surface area (TPSA) is 30.7 Å². The van der Waals surface area contributed by atoms with Crippen molar-refractivity contribution >= 4 is 21.8 Å². The summed E-state index contributed by atoms with van der Waals surface area (Å²) in [7, 11) is 0. The first-order chi connectivity index (χ1) is 21.5. The molecular formula is C41H37IrN3-2. The number of hydrogen-bond donors (Lipinski definition) is 0. The molecule has 227 valence electrons. The van der Waals surface area contributed by atoms with Gasteiger partial charge in [0.15, 0.2) is 0 Å². The van der Waals surface area contributed by atoms with Crippen LogP contribution in [0.5, 0.6) is 0 Å². The molecule has 0 fully saturated rings. The average Bonchev–Trinajstić information content (AvgIpc) is 3.39. The second-order valence-corrected chi connectivity index (χ2v) is 11.6. The van der Waals surface area contributed by atoms with E-state index in [0.717, 1.165) is 35.5 Å². The fourth-order valence-electron chi connectivity index (χ4n) is 5.78. The van der Waals surface area contributed by atoms with Crippen molar-refractivity contribution in [1.29, 1.82) is 0 Å². The van der Waals surface area contributed by atoms with Crippen molar-refractivity contribution in [3.63, 3.8) is 0 Å². The van der Waals surface area contributed by atoms with E-state index in [2.05, 4.69) is 127 Å². The zero-order valence-electron chi connectivity index (χ0n) is 26.2. The van der Waals surface area contributed by atoms with E-state index in [1.54, 1.807) is 0 Å². The first kappa shape index (κ1) is 32.0. The van der Waals surface area contributed by atoms with Crippen LogP contribution in [0.25, 0.3) is 55.4 Å². The van der Waals surface area contributed by atoms with Crippen LogP contribution < -0.4 is 0 Å². The van der Waals surface area contributed by atoms with Gasteiger partial charge in [-0.1, -0.05) is 92.9 Å². The minimum atomic E-state index is 0. The normalized spacial score (nSPS) is 10.9. The van der Waals surface area contributed by atoms with Gasteiger partial charge in [0.05, 0.1) is 0 Å². The van der Waals surface area contributed by atoms with Crippen LogP contribution in [-0.4, -0.2) is 14.5 Å². The molecule has 3 heterocycles. The summed E-state index contributed by atoms with van der Waals surface area (Å²) in [4.78, 5) is 9.25. The van der Waals surface area contributed by atoms with Gasteiger partial charge in [-0.2, -0.15) is 0 Å². The summed E-state index contributed by atoms with van der Waals surface area (Å²) in [6.07, 6.45) is 4.90. The zero-order valence-corrected chi connectivity index (χ0v) is 28.6. The summed E-state index contributed by atoms with van der Waals surface area (Å²) in [6, 6.07) is 44.3. The van der Waals surface area contributed by atoms with Crippen LogP contribution in [-0.2, 0) is 33.1 Å². The Balaban J connectivity index is 0.000000177. The summed E-state index contributed by atoms with van der Waals surface area (Å²) >= 11 is 0. The van der Waals surface area contributed by atoms with E-state index >= 15 is 0 Å². The Morgan fingerprint density at radius 3 is 2.20 bits per heavy atom. The van der Waals surface area contributed by atoms with Gasteiger partial charge in [-0.3, -0.25) is 0 Å². The largest absolute Gasteiger partial charge is 0.380 e. The van der Waals surface area contributed by atoms with Gasteiger partial charge in [0.25, 0.3) is 0 Å². The quantitative estimate of drug-likeness (QED) is 0.158. The van der Waals surface area contributed by atoms with E-state index in [1.165, 1.54) is 44.1 Å². The molecule has 7 aromatic rings. The second-order valence-electron chi connectivity index (χ2n) is 11.6. The third kappa shape index (κ3) is 6.99. The molecule has 0 saturated carbocycles. The van der Waals surface area contributed by atoms with E-state index < -0.39 is 0 Å². The molecule has 4 aromatic carbocycles. The molecule has 0 N–H and O–H groups in total. The number of aromatic nitrogens is 3. The molecule has 4 heteroatoms. The standard InChI is InChI=1S/C22H21N2.C19H16N.Ir/c1-15(2)14-24-21-10-5-4-7-17(21)18-8-6-9-19(22(18)24)20-12-11-16(3)13-23-20;1-2-15-13-19(17-11-7-4-8-12-17)20-14-18(15)16-9-5-3-6-10-16;/h4-8,10-13,15H,14H2,1-3H3;3-11,13-14H,2H2,1H3;/q2*-1;. The maximum Gasteiger partial charge on any atom is 0.0391 e. The third-order valence-corrected chi connectivity index (χ3v) is 7.88. The summed E-state index contributed by atoms with van der Waals surface area (Å²) in [6.45, 7) is 9.76. The van der Waals surface area contributed by atoms with Crippen LogP contribution in [0.1, 0.15) is 31.9 Å². The van der Waals surface area contributed by atoms with Gasteiger partial charge < -0.3 is 14.5 Å². The molecule has 3 nitrogen and oxygen atoms in total. The molecule has 0 aliphatic carbocycles. The molecule has 0 saturated heterocycles. The van der Waals surface area contributed by atoms with Crippen LogP contribution in [0, 0.1) is 25.0 Å². The maximum atomic E-state index is 4.64. The van der Waals surface area contributed by atoms with Crippen molar-refractivity contribution < 1.29 is 20.1 Å². The number of hydrogen-bond acceptors (Lipinski definition) is 2. The minimum absolute atomic E-state index is 0. The van der Waals surface area contributed by atoms with Gasteiger partial charge in [0.2, 0.25) is 0 Å². The minimum Gasteiger partial charge on any atom is -0.380 e. The monoisotopic (exact) mass is 764 g/mol. The van der Waals surface area contributed by atoms with E-state index in [1.807, 2.05) is 48.8 Å². The molecule has 0 unspecified atom stereocenters. The van der Waals surface area contributed by atoms with Crippen molar-refractivity contribution in [3.05, 3.63) is 145 Å². The predicted molar refractivity (Wildman–Crippen MR) is 184 cm³/mol. The second kappa shape index (κ2) is 14.6. The fourth-order valence-corrected chi connectivity index (χ4v) is 5.78. The molecular weight excluding hydrogens is 727 g/mol. The number of fused-ring (bicyclic) bond motifs is 3. The molecule has 0 bridgehead atoms. The Bertz CT molecular complexity index is 1990. The van der Waals surface area contributed by atoms with Crippen LogP contribution in [0.4, 0.5) is 0 Å². The van der Waals surface area contributed by atoms with E-state index in [9.17, 15) is 0 Å². The summed E-state index contributed by atoms with van der Waals surface area (Å²) < 4.78 is 2.43. The van der Waals surface area contributed by atoms with Gasteiger partial charge in [0, 0.05) is 50.1 Å². The molecule has 0 spiro atoms. The summed E-state index contributed by atoms with van der Waals surface area (Å²) in [5, 5.41) is 2.58. The molecule has 1 radical (unpaired) electrons. The third-order valence-electron chi connectivity index (χ3n) is 7.88. The Kier molecular flexibility index (Phi) is 10.4. The maximum absolute atomic E-state index is 4.64. The number of rotatable bonds is 6. The number of benzene rings is 4. The number of para-hydroxylation sites is 1. The Morgan fingerprint density at radius 1 is 0.733 bits per heavy atom. The van der Waals surface area contributed by atoms with Crippen LogP contribution in [0.15, 0.2) is 122 Å². The average molecular weight is 764 g/mol. The molecule has 7 rings (SSSR count). The van der Waals surface area contributed by atoms with Crippen molar-refractivity contribution in [2.24, 2.45) is 5.92 Å². The molecule has 0 aliphatic rings. The van der Waals surface area contributed by atoms with Gasteiger partial charge in [-0.25, -0.2) is 0 Å². The van der Waals surface area contributed by atoms with E-state index in [0.29, 0.717) is 5.92 Å². The molecule has 3 aromatic heterocycles. The van der Waals surface area contributed by atoms with Crippen molar-refractivity contribution in [3.8, 4) is 33.6 Å². The van der Waals surface area contributed by atoms with Gasteiger partial charge in [0.1, 0.15) is 0 Å². The fraction of sp³-hybridized carbons (Fsp3) is 0.171. The molecule has 0 atom stereocenters. The SMILES string of the molecule is CCc1cc(-c2[c-]cccc2)ncc1-c1ccccc1.Cc1ccc(-c2[c-]ccc3c4ccccc4n(CC(C)C)c23)nc1.[Ir]. The van der Waals surface area contributed by atoms with Crippen molar-refractivity contribution in [1.82, 2.24) is 14.5 Å². The van der Waals surface area contributed by atoms with E-state index in [4.69, 9.17) is 0 Å². The van der Waals surface area contributed by atoms with Crippen LogP contribution in [0.2, 0.25) is 0 Å². The first-order valence-electron chi connectivity index (χ1n) is 15.4. The van der Waals surface area contributed by atoms with Gasteiger partial charge in [-0.05, 0) is 64.3 Å². The molecule has 45 heavy (non-hydrogen) atoms. The zero-order chi connectivity index (χ0) is 30.5. The van der Waals surface area contributed by atoms with Crippen LogP contribution in [0.3, 0.4) is 0 Å². The predicted octanol–water partition coefficient (Wildman–Crippen LogP) is 10.4. The van der Waals surface area contributed by atoms with Gasteiger partial charge >= 0.3 is 0 Å². The molecule has 0 amide bonds. The molecule has 0 aliphatic heterocycles. The first-order valence-corrected chi connectivity index (χ1v) is 15.4. The number of aryl methyl sites for hydroxylation is 2.